The molecule has 11 heteroatoms. The highest BCUT2D eigenvalue weighted by atomic mass is 32.2. The first-order chi connectivity index (χ1) is 16.4. The van der Waals surface area contributed by atoms with E-state index in [9.17, 15) is 19.7 Å². The number of ether oxygens (including phenoxy) is 1. The molecule has 0 fully saturated rings. The van der Waals surface area contributed by atoms with Crippen LogP contribution in [0.25, 0.3) is 22.6 Å². The summed E-state index contributed by atoms with van der Waals surface area (Å²) in [4.78, 5) is 39.8. The number of aromatic nitrogens is 1. The van der Waals surface area contributed by atoms with Crippen LogP contribution in [-0.2, 0) is 0 Å². The third kappa shape index (κ3) is 4.84. The first-order valence-corrected chi connectivity index (χ1v) is 10.7. The van der Waals surface area contributed by atoms with Crippen molar-refractivity contribution in [3.05, 3.63) is 81.9 Å². The van der Waals surface area contributed by atoms with Crippen LogP contribution < -0.4 is 14.8 Å². The van der Waals surface area contributed by atoms with Crippen molar-refractivity contribution in [3.8, 4) is 17.2 Å². The Morgan fingerprint density at radius 2 is 1.91 bits per heavy atom. The van der Waals surface area contributed by atoms with Gasteiger partial charge >= 0.3 is 11.7 Å². The number of urea groups is 1. The maximum atomic E-state index is 12.4. The molecule has 0 aliphatic rings. The largest absolute Gasteiger partial charge is 0.490 e. The molecular formula is C23H18N4O6S. The summed E-state index contributed by atoms with van der Waals surface area (Å²) >= 11 is 0.505. The second kappa shape index (κ2) is 9.63. The van der Waals surface area contributed by atoms with E-state index in [1.54, 1.807) is 6.07 Å². The Hall–Kier alpha value is -4.38. The number of oxazole rings is 1. The van der Waals surface area contributed by atoms with Gasteiger partial charge in [0.15, 0.2) is 11.3 Å². The number of para-hydroxylation sites is 2. The van der Waals surface area contributed by atoms with Crippen LogP contribution in [0.5, 0.6) is 5.75 Å². The van der Waals surface area contributed by atoms with Crippen molar-refractivity contribution in [1.29, 1.82) is 0 Å². The van der Waals surface area contributed by atoms with Crippen molar-refractivity contribution in [2.75, 3.05) is 12.4 Å². The quantitative estimate of drug-likeness (QED) is 0.223. The Morgan fingerprint density at radius 1 is 1.12 bits per heavy atom. The number of fused-ring (bicyclic) bond motifs is 1. The van der Waals surface area contributed by atoms with Gasteiger partial charge in [-0.2, -0.15) is 0 Å². The van der Waals surface area contributed by atoms with E-state index in [1.807, 2.05) is 43.3 Å². The smallest absolute Gasteiger partial charge is 0.329 e. The first-order valence-electron chi connectivity index (χ1n) is 9.93. The molecule has 0 unspecified atom stereocenters. The summed E-state index contributed by atoms with van der Waals surface area (Å²) < 4.78 is 13.1. The van der Waals surface area contributed by atoms with Gasteiger partial charge in [0.1, 0.15) is 5.52 Å². The van der Waals surface area contributed by atoms with E-state index in [-0.39, 0.29) is 17.0 Å². The second-order valence-electron chi connectivity index (χ2n) is 7.11. The van der Waals surface area contributed by atoms with Crippen molar-refractivity contribution >= 4 is 45.6 Å². The first kappa shape index (κ1) is 22.8. The summed E-state index contributed by atoms with van der Waals surface area (Å²) in [5.41, 5.74) is 3.05. The number of benzene rings is 3. The number of nitrogens with zero attached hydrogens (tertiary/aromatic N) is 2. The average Bonchev–Trinajstić information content (AvgIpc) is 3.27. The molecule has 0 atom stereocenters. The van der Waals surface area contributed by atoms with Crippen molar-refractivity contribution in [3.63, 3.8) is 0 Å². The van der Waals surface area contributed by atoms with E-state index >= 15 is 0 Å². The molecular weight excluding hydrogens is 460 g/mol. The SMILES string of the molecule is COc1ccc(C(=O)SNC(=O)Nc2cc(-c3nc4ccccc4o3)ccc2C)cc1[N+](=O)[O-]. The number of nitro groups is 1. The number of hydrogen-bond donors (Lipinski definition) is 2. The fraction of sp³-hybridized carbons (Fsp3) is 0.0870. The number of hydrogen-bond acceptors (Lipinski definition) is 8. The highest BCUT2D eigenvalue weighted by Crippen LogP contribution is 2.29. The maximum absolute atomic E-state index is 12.4. The number of methoxy groups -OCH3 is 1. The average molecular weight is 478 g/mol. The predicted molar refractivity (Wildman–Crippen MR) is 128 cm³/mol. The third-order valence-electron chi connectivity index (χ3n) is 4.87. The molecule has 2 N–H and O–H groups in total. The van der Waals surface area contributed by atoms with Gasteiger partial charge in [-0.3, -0.25) is 19.6 Å². The standard InChI is InChI=1S/C23H18N4O6S/c1-13-7-8-14(21-24-16-5-3-4-6-19(16)33-21)11-17(13)25-23(29)26-34-22(28)15-9-10-20(32-2)18(12-15)27(30)31/h3-12H,1-2H3,(H2,25,26,29). The number of amides is 2. The van der Waals surface area contributed by atoms with Gasteiger partial charge in [-0.25, -0.2) is 9.78 Å². The van der Waals surface area contributed by atoms with Crippen LogP contribution in [0.4, 0.5) is 16.2 Å². The minimum atomic E-state index is -0.646. The maximum Gasteiger partial charge on any atom is 0.329 e. The molecule has 0 saturated heterocycles. The summed E-state index contributed by atoms with van der Waals surface area (Å²) in [5, 5.41) is 13.3. The third-order valence-corrected chi connectivity index (χ3v) is 5.58. The lowest BCUT2D eigenvalue weighted by Crippen LogP contribution is -2.24. The number of nitro benzene ring substituents is 1. The van der Waals surface area contributed by atoms with E-state index in [2.05, 4.69) is 15.0 Å². The summed E-state index contributed by atoms with van der Waals surface area (Å²) in [6.45, 7) is 1.82. The predicted octanol–water partition coefficient (Wildman–Crippen LogP) is 5.33. The fourth-order valence-corrected chi connectivity index (χ4v) is 3.63. The van der Waals surface area contributed by atoms with Crippen LogP contribution in [0.3, 0.4) is 0 Å². The highest BCUT2D eigenvalue weighted by molar-refractivity contribution is 8.12. The minimum absolute atomic E-state index is 0.0338. The molecule has 172 valence electrons. The Bertz CT molecular complexity index is 1380. The molecule has 0 spiro atoms. The van der Waals surface area contributed by atoms with Crippen LogP contribution in [-0.4, -0.2) is 28.2 Å². The van der Waals surface area contributed by atoms with Gasteiger partial charge in [-0.05, 0) is 48.9 Å². The zero-order valence-electron chi connectivity index (χ0n) is 18.0. The Balaban J connectivity index is 1.44. The summed E-state index contributed by atoms with van der Waals surface area (Å²) in [7, 11) is 1.30. The summed E-state index contributed by atoms with van der Waals surface area (Å²) in [6.07, 6.45) is 0. The number of rotatable bonds is 5. The molecule has 1 heterocycles. The number of aryl methyl sites for hydroxylation is 1. The molecule has 10 nitrogen and oxygen atoms in total. The van der Waals surface area contributed by atoms with E-state index in [4.69, 9.17) is 9.15 Å². The number of nitrogens with one attached hydrogen (secondary N) is 2. The van der Waals surface area contributed by atoms with Crippen LogP contribution >= 0.6 is 11.9 Å². The van der Waals surface area contributed by atoms with Crippen LogP contribution in [0.2, 0.25) is 0 Å². The van der Waals surface area contributed by atoms with E-state index in [0.717, 1.165) is 17.1 Å². The van der Waals surface area contributed by atoms with Crippen LogP contribution in [0, 0.1) is 17.0 Å². The Kier molecular flexibility index (Phi) is 6.46. The number of anilines is 1. The van der Waals surface area contributed by atoms with Gasteiger partial charge in [0, 0.05) is 34.8 Å². The van der Waals surface area contributed by atoms with Crippen molar-refractivity contribution in [1.82, 2.24) is 9.71 Å². The van der Waals surface area contributed by atoms with Gasteiger partial charge < -0.3 is 14.5 Å². The molecule has 1 aromatic heterocycles. The number of carbonyl (C=O) groups excluding carboxylic acids is 2. The van der Waals surface area contributed by atoms with E-state index in [1.165, 1.54) is 19.2 Å². The summed E-state index contributed by atoms with van der Waals surface area (Å²) in [6, 6.07) is 15.9. The lowest BCUT2D eigenvalue weighted by molar-refractivity contribution is -0.385. The molecule has 2 amide bonds. The van der Waals surface area contributed by atoms with Gasteiger partial charge in [-0.15, -0.1) is 0 Å². The number of carbonyl (C=O) groups is 2. The molecule has 0 radical (unpaired) electrons. The van der Waals surface area contributed by atoms with Gasteiger partial charge in [-0.1, -0.05) is 18.2 Å². The normalized spacial score (nSPS) is 10.6. The van der Waals surface area contributed by atoms with Gasteiger partial charge in [0.2, 0.25) is 11.0 Å². The van der Waals surface area contributed by atoms with Crippen molar-refractivity contribution in [2.24, 2.45) is 0 Å². The van der Waals surface area contributed by atoms with Crippen LogP contribution in [0.1, 0.15) is 15.9 Å². The lowest BCUT2D eigenvalue weighted by Gasteiger charge is -2.10. The molecule has 0 aliphatic heterocycles. The Morgan fingerprint density at radius 3 is 2.65 bits per heavy atom. The van der Waals surface area contributed by atoms with Crippen molar-refractivity contribution < 1.29 is 23.7 Å². The monoisotopic (exact) mass is 478 g/mol. The van der Waals surface area contributed by atoms with Gasteiger partial charge in [0.05, 0.1) is 12.0 Å². The molecule has 0 aliphatic carbocycles. The second-order valence-corrected chi connectivity index (χ2v) is 7.88. The zero-order valence-corrected chi connectivity index (χ0v) is 18.8. The molecule has 34 heavy (non-hydrogen) atoms. The fourth-order valence-electron chi connectivity index (χ4n) is 3.14. The topological polar surface area (TPSA) is 137 Å². The van der Waals surface area contributed by atoms with Crippen molar-refractivity contribution in [2.45, 2.75) is 6.92 Å². The zero-order chi connectivity index (χ0) is 24.2. The summed E-state index contributed by atoms with van der Waals surface area (Å²) in [5.74, 6) is 0.446. The molecule has 0 saturated carbocycles. The van der Waals surface area contributed by atoms with E-state index < -0.39 is 16.1 Å². The molecule has 4 aromatic rings. The van der Waals surface area contributed by atoms with Gasteiger partial charge in [0.25, 0.3) is 0 Å². The minimum Gasteiger partial charge on any atom is -0.490 e. The highest BCUT2D eigenvalue weighted by Gasteiger charge is 2.19. The molecule has 4 rings (SSSR count). The van der Waals surface area contributed by atoms with Crippen LogP contribution in [0.15, 0.2) is 65.1 Å². The lowest BCUT2D eigenvalue weighted by atomic mass is 10.1. The van der Waals surface area contributed by atoms with E-state index in [0.29, 0.717) is 34.7 Å². The molecule has 3 aromatic carbocycles. The Labute approximate surface area is 197 Å². The molecule has 0 bridgehead atoms.